The van der Waals surface area contributed by atoms with Crippen molar-refractivity contribution < 1.29 is 43.6 Å². The van der Waals surface area contributed by atoms with Crippen LogP contribution in [0.4, 0.5) is 22.0 Å². The zero-order chi connectivity index (χ0) is 28.4. The number of carbonyl (C=O) groups is 1. The number of rotatable bonds is 10. The van der Waals surface area contributed by atoms with Crippen molar-refractivity contribution in [3.8, 4) is 0 Å². The molecule has 0 bridgehead atoms. The Hall–Kier alpha value is -2.88. The second kappa shape index (κ2) is 11.1. The summed E-state index contributed by atoms with van der Waals surface area (Å²) in [6, 6.07) is 9.30. The van der Waals surface area contributed by atoms with Crippen molar-refractivity contribution in [2.45, 2.75) is 30.0 Å². The zero-order valence-electron chi connectivity index (χ0n) is 19.7. The lowest BCUT2D eigenvalue weighted by Gasteiger charge is -2.17. The Morgan fingerprint density at radius 3 is 2.16 bits per heavy atom. The second-order valence-electron chi connectivity index (χ2n) is 8.61. The van der Waals surface area contributed by atoms with Crippen molar-refractivity contribution in [1.82, 2.24) is 14.3 Å². The lowest BCUT2D eigenvalue weighted by molar-refractivity contribution is -0.137. The molecule has 0 saturated carbocycles. The fourth-order valence-corrected chi connectivity index (χ4v) is 5.72. The van der Waals surface area contributed by atoms with Gasteiger partial charge in [0.1, 0.15) is 0 Å². The molecule has 8 nitrogen and oxygen atoms in total. The Kier molecular flexibility index (Phi) is 8.65. The first-order valence-electron chi connectivity index (χ1n) is 11.1. The average molecular weight is 582 g/mol. The van der Waals surface area contributed by atoms with Gasteiger partial charge in [0.2, 0.25) is 26.0 Å². The third-order valence-corrected chi connectivity index (χ3v) is 8.69. The molecule has 1 atom stereocenters. The van der Waals surface area contributed by atoms with Crippen molar-refractivity contribution in [2.75, 3.05) is 19.6 Å². The number of hydrogen-bond donors (Lipinski definition) is 2. The summed E-state index contributed by atoms with van der Waals surface area (Å²) in [5.41, 5.74) is 0.0521. The minimum Gasteiger partial charge on any atom is -0.352 e. The fraction of sp³-hybridized carbons (Fsp3) is 0.348. The van der Waals surface area contributed by atoms with Gasteiger partial charge in [0.15, 0.2) is 0 Å². The first-order chi connectivity index (χ1) is 17.5. The van der Waals surface area contributed by atoms with E-state index in [1.54, 1.807) is 0 Å². The van der Waals surface area contributed by atoms with E-state index in [9.17, 15) is 43.6 Å². The molecule has 1 amide bonds. The molecule has 2 aromatic rings. The SMILES string of the molecule is C=CS(=O)(=O)NCC1CN(S(=O)(=O)c2ccc(CC(=O)NCc3ccc(C(F)(F)F)cc3)cc2)CC1(F)F. The maximum Gasteiger partial charge on any atom is 0.416 e. The molecule has 1 aliphatic rings. The molecule has 1 unspecified atom stereocenters. The number of sulfonamides is 2. The van der Waals surface area contributed by atoms with Crippen molar-refractivity contribution >= 4 is 26.0 Å². The van der Waals surface area contributed by atoms with Crippen molar-refractivity contribution in [1.29, 1.82) is 0 Å². The first-order valence-corrected chi connectivity index (χ1v) is 14.0. The van der Waals surface area contributed by atoms with E-state index in [0.717, 1.165) is 12.1 Å². The number of halogens is 5. The highest BCUT2D eigenvalue weighted by Crippen LogP contribution is 2.36. The maximum atomic E-state index is 14.4. The van der Waals surface area contributed by atoms with Crippen LogP contribution in [0.5, 0.6) is 0 Å². The third-order valence-electron chi connectivity index (χ3n) is 5.86. The van der Waals surface area contributed by atoms with E-state index in [4.69, 9.17) is 0 Å². The van der Waals surface area contributed by atoms with Gasteiger partial charge < -0.3 is 5.32 Å². The highest BCUT2D eigenvalue weighted by Gasteiger charge is 2.51. The predicted octanol–water partition coefficient (Wildman–Crippen LogP) is 2.88. The minimum atomic E-state index is -4.47. The largest absolute Gasteiger partial charge is 0.416 e. The van der Waals surface area contributed by atoms with Crippen LogP contribution in [0.25, 0.3) is 0 Å². The smallest absolute Gasteiger partial charge is 0.352 e. The molecule has 0 aromatic heterocycles. The summed E-state index contributed by atoms with van der Waals surface area (Å²) in [5, 5.41) is 3.11. The number of hydrogen-bond acceptors (Lipinski definition) is 5. The molecule has 208 valence electrons. The third kappa shape index (κ3) is 7.36. The summed E-state index contributed by atoms with van der Waals surface area (Å²) in [7, 11) is -8.30. The summed E-state index contributed by atoms with van der Waals surface area (Å²) in [6.45, 7) is 0.645. The molecule has 2 aromatic carbocycles. The molecular weight excluding hydrogens is 557 g/mol. The predicted molar refractivity (Wildman–Crippen MR) is 128 cm³/mol. The molecule has 1 saturated heterocycles. The summed E-state index contributed by atoms with van der Waals surface area (Å²) in [4.78, 5) is 11.9. The Morgan fingerprint density at radius 1 is 1.03 bits per heavy atom. The van der Waals surface area contributed by atoms with E-state index in [1.807, 2.05) is 4.72 Å². The van der Waals surface area contributed by atoms with Crippen LogP contribution in [-0.2, 0) is 44.0 Å². The monoisotopic (exact) mass is 581 g/mol. The van der Waals surface area contributed by atoms with Crippen LogP contribution < -0.4 is 10.0 Å². The Labute approximate surface area is 216 Å². The molecule has 2 N–H and O–H groups in total. The molecule has 3 rings (SSSR count). The van der Waals surface area contributed by atoms with Crippen LogP contribution in [0.1, 0.15) is 16.7 Å². The quantitative estimate of drug-likeness (QED) is 0.419. The molecule has 0 aliphatic carbocycles. The molecule has 15 heteroatoms. The molecule has 1 heterocycles. The van der Waals surface area contributed by atoms with E-state index < -0.39 is 69.2 Å². The lowest BCUT2D eigenvalue weighted by atomic mass is 10.1. The van der Waals surface area contributed by atoms with Crippen LogP contribution in [0.2, 0.25) is 0 Å². The summed E-state index contributed by atoms with van der Waals surface area (Å²) in [6.07, 6.45) is -4.63. The zero-order valence-corrected chi connectivity index (χ0v) is 21.3. The van der Waals surface area contributed by atoms with E-state index >= 15 is 0 Å². The minimum absolute atomic E-state index is 0.0171. The van der Waals surface area contributed by atoms with Crippen molar-refractivity contribution in [3.05, 3.63) is 77.2 Å². The molecule has 1 aliphatic heterocycles. The number of benzene rings is 2. The highest BCUT2D eigenvalue weighted by atomic mass is 32.2. The number of carbonyl (C=O) groups excluding carboxylic acids is 1. The van der Waals surface area contributed by atoms with Gasteiger partial charge in [-0.2, -0.15) is 17.5 Å². The van der Waals surface area contributed by atoms with Gasteiger partial charge in [-0.1, -0.05) is 30.8 Å². The molecule has 0 radical (unpaired) electrons. The van der Waals surface area contributed by atoms with Gasteiger partial charge in [-0.05, 0) is 35.4 Å². The number of nitrogens with one attached hydrogen (secondary N) is 2. The maximum absolute atomic E-state index is 14.4. The second-order valence-corrected chi connectivity index (χ2v) is 12.3. The van der Waals surface area contributed by atoms with Crippen LogP contribution >= 0.6 is 0 Å². The van der Waals surface area contributed by atoms with E-state index in [0.29, 0.717) is 20.8 Å². The van der Waals surface area contributed by atoms with Crippen LogP contribution in [0.15, 0.2) is 65.4 Å². The Morgan fingerprint density at radius 2 is 1.61 bits per heavy atom. The van der Waals surface area contributed by atoms with Crippen LogP contribution in [0.3, 0.4) is 0 Å². The topological polar surface area (TPSA) is 113 Å². The van der Waals surface area contributed by atoms with Gasteiger partial charge >= 0.3 is 6.18 Å². The van der Waals surface area contributed by atoms with Gasteiger partial charge in [0, 0.05) is 25.0 Å². The van der Waals surface area contributed by atoms with Crippen molar-refractivity contribution in [2.24, 2.45) is 5.92 Å². The van der Waals surface area contributed by atoms with Gasteiger partial charge in [0.25, 0.3) is 5.92 Å². The highest BCUT2D eigenvalue weighted by molar-refractivity contribution is 7.92. The number of nitrogens with zero attached hydrogens (tertiary/aromatic N) is 1. The normalized spacial score (nSPS) is 18.3. The summed E-state index contributed by atoms with van der Waals surface area (Å²) < 4.78 is 118. The van der Waals surface area contributed by atoms with Gasteiger partial charge in [0.05, 0.1) is 29.3 Å². The summed E-state index contributed by atoms with van der Waals surface area (Å²) >= 11 is 0. The standard InChI is InChI=1S/C23H24F5N3O5S2/c1-2-37(33,34)30-13-19-14-31(15-22(19,24)25)38(35,36)20-9-5-16(6-10-20)11-21(32)29-12-17-3-7-18(8-4-17)23(26,27)28/h2-10,19,30H,1,11-15H2,(H,29,32). The summed E-state index contributed by atoms with van der Waals surface area (Å²) in [5.74, 6) is -5.52. The van der Waals surface area contributed by atoms with Crippen molar-refractivity contribution in [3.63, 3.8) is 0 Å². The van der Waals surface area contributed by atoms with Gasteiger partial charge in [-0.25, -0.2) is 30.3 Å². The average Bonchev–Trinajstić information content (AvgIpc) is 3.16. The van der Waals surface area contributed by atoms with Crippen LogP contribution in [0, 0.1) is 5.92 Å². The van der Waals surface area contributed by atoms with E-state index in [2.05, 4.69) is 11.9 Å². The first kappa shape index (κ1) is 29.7. The molecule has 1 fully saturated rings. The van der Waals surface area contributed by atoms with E-state index in [1.165, 1.54) is 36.4 Å². The Bertz CT molecular complexity index is 1380. The van der Waals surface area contributed by atoms with Gasteiger partial charge in [-0.3, -0.25) is 4.79 Å². The van der Waals surface area contributed by atoms with Crippen LogP contribution in [-0.4, -0.2) is 52.6 Å². The number of alkyl halides is 5. The molecule has 38 heavy (non-hydrogen) atoms. The lowest BCUT2D eigenvalue weighted by Crippen LogP contribution is -2.37. The molecular formula is C23H24F5N3O5S2. The number of amides is 1. The Balaban J connectivity index is 1.58. The fourth-order valence-electron chi connectivity index (χ4n) is 3.67. The van der Waals surface area contributed by atoms with Gasteiger partial charge in [-0.15, -0.1) is 0 Å². The molecule has 0 spiro atoms. The van der Waals surface area contributed by atoms with E-state index in [-0.39, 0.29) is 17.9 Å².